The third-order valence-corrected chi connectivity index (χ3v) is 3.32. The highest BCUT2D eigenvalue weighted by Gasteiger charge is 2.21. The lowest BCUT2D eigenvalue weighted by molar-refractivity contribution is 0.412. The standard InChI is InChI=1S/C16H21N3O/c1-12-9-17-15(18-10-12)19-11-16(2,3)13-6-5-7-14(8-13)20-4/h5-10H,11H2,1-4H3,(H,17,18,19). The second-order valence-electron chi connectivity index (χ2n) is 5.55. The molecule has 0 fully saturated rings. The second kappa shape index (κ2) is 5.90. The van der Waals surface area contributed by atoms with Gasteiger partial charge in [0, 0.05) is 24.4 Å². The maximum Gasteiger partial charge on any atom is 0.222 e. The smallest absolute Gasteiger partial charge is 0.222 e. The van der Waals surface area contributed by atoms with Crippen LogP contribution in [-0.2, 0) is 5.41 Å². The highest BCUT2D eigenvalue weighted by atomic mass is 16.5. The molecule has 0 spiro atoms. The minimum absolute atomic E-state index is 0.0389. The summed E-state index contributed by atoms with van der Waals surface area (Å²) in [6.07, 6.45) is 3.63. The van der Waals surface area contributed by atoms with Crippen LogP contribution < -0.4 is 10.1 Å². The first-order valence-electron chi connectivity index (χ1n) is 6.68. The summed E-state index contributed by atoms with van der Waals surface area (Å²) in [5.41, 5.74) is 2.24. The molecule has 2 aromatic rings. The molecule has 0 bridgehead atoms. The Morgan fingerprint density at radius 2 is 1.90 bits per heavy atom. The normalized spacial score (nSPS) is 11.2. The zero-order valence-corrected chi connectivity index (χ0v) is 12.5. The molecule has 0 aliphatic heterocycles. The fourth-order valence-electron chi connectivity index (χ4n) is 1.93. The van der Waals surface area contributed by atoms with E-state index in [9.17, 15) is 0 Å². The first-order valence-corrected chi connectivity index (χ1v) is 6.68. The molecule has 0 saturated carbocycles. The molecule has 0 radical (unpaired) electrons. The fourth-order valence-corrected chi connectivity index (χ4v) is 1.93. The van der Waals surface area contributed by atoms with Gasteiger partial charge in [-0.3, -0.25) is 0 Å². The van der Waals surface area contributed by atoms with Crippen molar-refractivity contribution in [3.63, 3.8) is 0 Å². The number of rotatable bonds is 5. The molecule has 2 rings (SSSR count). The maximum absolute atomic E-state index is 5.28. The van der Waals surface area contributed by atoms with Crippen LogP contribution in [0.25, 0.3) is 0 Å². The summed E-state index contributed by atoms with van der Waals surface area (Å²) in [5.74, 6) is 1.54. The Hall–Kier alpha value is -2.10. The molecule has 0 saturated heterocycles. The van der Waals surface area contributed by atoms with Crippen molar-refractivity contribution >= 4 is 5.95 Å². The van der Waals surface area contributed by atoms with Crippen LogP contribution in [0.1, 0.15) is 25.0 Å². The maximum atomic E-state index is 5.28. The number of ether oxygens (including phenoxy) is 1. The summed E-state index contributed by atoms with van der Waals surface area (Å²) in [5, 5.41) is 3.29. The summed E-state index contributed by atoms with van der Waals surface area (Å²) < 4.78 is 5.28. The van der Waals surface area contributed by atoms with Crippen LogP contribution in [-0.4, -0.2) is 23.6 Å². The van der Waals surface area contributed by atoms with Crippen LogP contribution in [0.5, 0.6) is 5.75 Å². The highest BCUT2D eigenvalue weighted by Crippen LogP contribution is 2.26. The van der Waals surface area contributed by atoms with Crippen molar-refractivity contribution in [1.82, 2.24) is 9.97 Å². The predicted molar refractivity (Wildman–Crippen MR) is 81.3 cm³/mol. The topological polar surface area (TPSA) is 47.0 Å². The minimum Gasteiger partial charge on any atom is -0.497 e. The van der Waals surface area contributed by atoms with E-state index in [0.717, 1.165) is 17.9 Å². The Kier molecular flexibility index (Phi) is 4.23. The van der Waals surface area contributed by atoms with Crippen molar-refractivity contribution in [3.8, 4) is 5.75 Å². The van der Waals surface area contributed by atoms with Gasteiger partial charge >= 0.3 is 0 Å². The third kappa shape index (κ3) is 3.47. The molecule has 1 heterocycles. The lowest BCUT2D eigenvalue weighted by Crippen LogP contribution is -2.28. The van der Waals surface area contributed by atoms with Crippen molar-refractivity contribution < 1.29 is 4.74 Å². The largest absolute Gasteiger partial charge is 0.497 e. The molecule has 106 valence electrons. The second-order valence-corrected chi connectivity index (χ2v) is 5.55. The van der Waals surface area contributed by atoms with E-state index in [0.29, 0.717) is 5.95 Å². The molecule has 4 nitrogen and oxygen atoms in total. The molecule has 0 aliphatic carbocycles. The number of anilines is 1. The summed E-state index contributed by atoms with van der Waals surface area (Å²) in [6, 6.07) is 8.15. The van der Waals surface area contributed by atoms with Gasteiger partial charge in [0.15, 0.2) is 0 Å². The van der Waals surface area contributed by atoms with Crippen LogP contribution in [0.3, 0.4) is 0 Å². The fraction of sp³-hybridized carbons (Fsp3) is 0.375. The van der Waals surface area contributed by atoms with Crippen molar-refractivity contribution in [1.29, 1.82) is 0 Å². The molecule has 0 unspecified atom stereocenters. The molecule has 1 aromatic heterocycles. The van der Waals surface area contributed by atoms with Gasteiger partial charge in [-0.1, -0.05) is 26.0 Å². The van der Waals surface area contributed by atoms with E-state index >= 15 is 0 Å². The Labute approximate surface area is 120 Å². The quantitative estimate of drug-likeness (QED) is 0.907. The number of nitrogens with zero attached hydrogens (tertiary/aromatic N) is 2. The molecule has 0 atom stereocenters. The zero-order chi connectivity index (χ0) is 14.6. The number of aryl methyl sites for hydroxylation is 1. The number of benzene rings is 1. The van der Waals surface area contributed by atoms with Crippen LogP contribution >= 0.6 is 0 Å². The van der Waals surface area contributed by atoms with E-state index in [-0.39, 0.29) is 5.41 Å². The summed E-state index contributed by atoms with van der Waals surface area (Å²) in [4.78, 5) is 8.52. The average molecular weight is 271 g/mol. The summed E-state index contributed by atoms with van der Waals surface area (Å²) in [6.45, 7) is 7.10. The molecule has 0 amide bonds. The minimum atomic E-state index is -0.0389. The van der Waals surface area contributed by atoms with Gasteiger partial charge in [0.2, 0.25) is 5.95 Å². The average Bonchev–Trinajstić information content (AvgIpc) is 2.47. The molecule has 4 heteroatoms. The molecular formula is C16H21N3O. The van der Waals surface area contributed by atoms with E-state index < -0.39 is 0 Å². The lowest BCUT2D eigenvalue weighted by Gasteiger charge is -2.26. The lowest BCUT2D eigenvalue weighted by atomic mass is 9.84. The highest BCUT2D eigenvalue weighted by molar-refractivity contribution is 5.35. The van der Waals surface area contributed by atoms with Gasteiger partial charge in [0.25, 0.3) is 0 Å². The zero-order valence-electron chi connectivity index (χ0n) is 12.5. The summed E-state index contributed by atoms with van der Waals surface area (Å²) >= 11 is 0. The van der Waals surface area contributed by atoms with Gasteiger partial charge in [-0.25, -0.2) is 9.97 Å². The molecule has 1 aromatic carbocycles. The van der Waals surface area contributed by atoms with E-state index in [4.69, 9.17) is 4.74 Å². The number of hydrogen-bond donors (Lipinski definition) is 1. The number of nitrogens with one attached hydrogen (secondary N) is 1. The van der Waals surface area contributed by atoms with E-state index in [1.807, 2.05) is 31.5 Å². The van der Waals surface area contributed by atoms with Crippen LogP contribution in [0.4, 0.5) is 5.95 Å². The van der Waals surface area contributed by atoms with Crippen molar-refractivity contribution in [3.05, 3.63) is 47.8 Å². The van der Waals surface area contributed by atoms with Crippen molar-refractivity contribution in [2.75, 3.05) is 19.0 Å². The van der Waals surface area contributed by atoms with Crippen LogP contribution in [0.2, 0.25) is 0 Å². The Morgan fingerprint density at radius 3 is 2.55 bits per heavy atom. The molecule has 1 N–H and O–H groups in total. The predicted octanol–water partition coefficient (Wildman–Crippen LogP) is 3.18. The van der Waals surface area contributed by atoms with Gasteiger partial charge in [0.1, 0.15) is 5.75 Å². The van der Waals surface area contributed by atoms with Crippen molar-refractivity contribution in [2.24, 2.45) is 0 Å². The number of methoxy groups -OCH3 is 1. The van der Waals surface area contributed by atoms with Crippen LogP contribution in [0, 0.1) is 6.92 Å². The van der Waals surface area contributed by atoms with Gasteiger partial charge < -0.3 is 10.1 Å². The number of hydrogen-bond acceptors (Lipinski definition) is 4. The molecule has 20 heavy (non-hydrogen) atoms. The van der Waals surface area contributed by atoms with Gasteiger partial charge in [-0.2, -0.15) is 0 Å². The molecule has 0 aliphatic rings. The summed E-state index contributed by atoms with van der Waals surface area (Å²) in [7, 11) is 1.69. The first-order chi connectivity index (χ1) is 9.51. The Balaban J connectivity index is 2.08. The number of aromatic nitrogens is 2. The first kappa shape index (κ1) is 14.3. The van der Waals surface area contributed by atoms with Crippen LogP contribution in [0.15, 0.2) is 36.7 Å². The van der Waals surface area contributed by atoms with Gasteiger partial charge in [0.05, 0.1) is 7.11 Å². The van der Waals surface area contributed by atoms with Gasteiger partial charge in [-0.05, 0) is 30.2 Å². The Bertz CT molecular complexity index is 564. The SMILES string of the molecule is COc1cccc(C(C)(C)CNc2ncc(C)cn2)c1. The van der Waals surface area contributed by atoms with Crippen molar-refractivity contribution in [2.45, 2.75) is 26.2 Å². The molecular weight excluding hydrogens is 250 g/mol. The van der Waals surface area contributed by atoms with Gasteiger partial charge in [-0.15, -0.1) is 0 Å². The monoisotopic (exact) mass is 271 g/mol. The van der Waals surface area contributed by atoms with E-state index in [1.54, 1.807) is 7.11 Å². The van der Waals surface area contributed by atoms with E-state index in [1.165, 1.54) is 5.56 Å². The Morgan fingerprint density at radius 1 is 1.20 bits per heavy atom. The van der Waals surface area contributed by atoms with E-state index in [2.05, 4.69) is 41.3 Å². The third-order valence-electron chi connectivity index (χ3n) is 3.32.